The van der Waals surface area contributed by atoms with E-state index in [0.717, 1.165) is 32.9 Å². The van der Waals surface area contributed by atoms with Crippen LogP contribution in [0.25, 0.3) is 20.8 Å². The second-order valence-corrected chi connectivity index (χ2v) is 9.65. The maximum absolute atomic E-state index is 10.6. The van der Waals surface area contributed by atoms with Crippen molar-refractivity contribution in [1.29, 1.82) is 0 Å². The van der Waals surface area contributed by atoms with Gasteiger partial charge >= 0.3 is 0 Å². The molecule has 1 fully saturated rings. The van der Waals surface area contributed by atoms with E-state index in [0.29, 0.717) is 31.3 Å². The van der Waals surface area contributed by atoms with Gasteiger partial charge in [-0.15, -0.1) is 11.3 Å². The van der Waals surface area contributed by atoms with Crippen molar-refractivity contribution in [3.63, 3.8) is 0 Å². The second kappa shape index (κ2) is 10.9. The normalized spacial score (nSPS) is 23.4. The number of thiazole rings is 1. The summed E-state index contributed by atoms with van der Waals surface area (Å²) in [6, 6.07) is 7.46. The number of aliphatic hydroxyl groups is 3. The van der Waals surface area contributed by atoms with E-state index in [-0.39, 0.29) is 12.7 Å². The summed E-state index contributed by atoms with van der Waals surface area (Å²) in [7, 11) is 0. The van der Waals surface area contributed by atoms with Crippen LogP contribution in [-0.4, -0.2) is 74.4 Å². The summed E-state index contributed by atoms with van der Waals surface area (Å²) >= 11 is 1.55. The maximum atomic E-state index is 10.6. The molecule has 0 saturated heterocycles. The molecule has 0 spiro atoms. The zero-order valence-electron chi connectivity index (χ0n) is 19.7. The van der Waals surface area contributed by atoms with E-state index in [9.17, 15) is 15.3 Å². The topological polar surface area (TPSA) is 133 Å². The number of nitrogens with zero attached hydrogens (tertiary/aromatic N) is 3. The first-order chi connectivity index (χ1) is 16.4. The van der Waals surface area contributed by atoms with Gasteiger partial charge in [-0.1, -0.05) is 19.1 Å². The molecule has 34 heavy (non-hydrogen) atoms. The van der Waals surface area contributed by atoms with Crippen LogP contribution in [0.15, 0.2) is 24.3 Å². The molecule has 0 bridgehead atoms. The Morgan fingerprint density at radius 3 is 2.62 bits per heavy atom. The van der Waals surface area contributed by atoms with Gasteiger partial charge < -0.3 is 30.7 Å². The number of para-hydroxylation sites is 1. The second-order valence-electron chi connectivity index (χ2n) is 8.62. The zero-order valence-corrected chi connectivity index (χ0v) is 20.5. The summed E-state index contributed by atoms with van der Waals surface area (Å²) in [5, 5.41) is 37.8. The number of anilines is 2. The number of hydrogen-bond donors (Lipinski definition) is 5. The van der Waals surface area contributed by atoms with Crippen LogP contribution in [0.5, 0.6) is 0 Å². The molecule has 5 N–H and O–H groups in total. The van der Waals surface area contributed by atoms with E-state index in [2.05, 4.69) is 22.5 Å². The fraction of sp³-hybridized carbons (Fsp3) is 0.542. The number of hydrogen-bond acceptors (Lipinski definition) is 10. The number of aliphatic hydroxyl groups excluding tert-OH is 3. The van der Waals surface area contributed by atoms with Gasteiger partial charge in [0.15, 0.2) is 0 Å². The van der Waals surface area contributed by atoms with Gasteiger partial charge in [0, 0.05) is 25.7 Å². The highest BCUT2D eigenvalue weighted by atomic mass is 32.1. The molecular weight excluding hydrogens is 454 g/mol. The Kier molecular flexibility index (Phi) is 7.95. The van der Waals surface area contributed by atoms with Crippen molar-refractivity contribution in [2.24, 2.45) is 5.92 Å². The van der Waals surface area contributed by atoms with Crippen molar-refractivity contribution < 1.29 is 20.1 Å². The van der Waals surface area contributed by atoms with Gasteiger partial charge in [0.05, 0.1) is 39.7 Å². The molecule has 0 aliphatic heterocycles. The van der Waals surface area contributed by atoms with Gasteiger partial charge in [0.25, 0.3) is 0 Å². The van der Waals surface area contributed by atoms with Gasteiger partial charge in [-0.3, -0.25) is 0 Å². The maximum Gasteiger partial charge on any atom is 0.224 e. The highest BCUT2D eigenvalue weighted by Gasteiger charge is 2.41. The zero-order chi connectivity index (χ0) is 24.2. The molecule has 0 radical (unpaired) electrons. The van der Waals surface area contributed by atoms with Crippen molar-refractivity contribution in [2.75, 3.05) is 30.4 Å². The number of aromatic nitrogens is 3. The lowest BCUT2D eigenvalue weighted by molar-refractivity contribution is 0.00446. The molecule has 9 nitrogen and oxygen atoms in total. The Balaban J connectivity index is 1.69. The third kappa shape index (κ3) is 5.16. The van der Waals surface area contributed by atoms with Gasteiger partial charge in [0.2, 0.25) is 5.95 Å². The molecule has 10 heteroatoms. The predicted molar refractivity (Wildman–Crippen MR) is 134 cm³/mol. The van der Waals surface area contributed by atoms with E-state index < -0.39 is 24.2 Å². The van der Waals surface area contributed by atoms with Gasteiger partial charge in [-0.2, -0.15) is 4.98 Å². The number of ether oxygens (including phenoxy) is 1. The highest BCUT2D eigenvalue weighted by molar-refractivity contribution is 7.21. The quantitative estimate of drug-likeness (QED) is 0.293. The smallest absolute Gasteiger partial charge is 0.224 e. The lowest BCUT2D eigenvalue weighted by Crippen LogP contribution is -2.36. The average molecular weight is 488 g/mol. The fourth-order valence-corrected chi connectivity index (χ4v) is 5.44. The van der Waals surface area contributed by atoms with Crippen LogP contribution in [0.3, 0.4) is 0 Å². The molecule has 2 heterocycles. The lowest BCUT2D eigenvalue weighted by Gasteiger charge is -2.22. The van der Waals surface area contributed by atoms with Gasteiger partial charge in [-0.25, -0.2) is 9.97 Å². The molecule has 4 rings (SSSR count). The molecule has 1 aromatic carbocycles. The molecule has 5 atom stereocenters. The third-order valence-electron chi connectivity index (χ3n) is 6.30. The molecular formula is C24H33N5O4S. The van der Waals surface area contributed by atoms with Crippen LogP contribution in [-0.2, 0) is 4.74 Å². The number of benzene rings is 1. The Morgan fingerprint density at radius 1 is 1.15 bits per heavy atom. The molecule has 184 valence electrons. The Hall–Kier alpha value is -2.37. The van der Waals surface area contributed by atoms with Crippen LogP contribution in [0, 0.1) is 12.8 Å². The van der Waals surface area contributed by atoms with Crippen LogP contribution in [0.2, 0.25) is 0 Å². The summed E-state index contributed by atoms with van der Waals surface area (Å²) < 4.78 is 6.79. The van der Waals surface area contributed by atoms with Crippen LogP contribution < -0.4 is 10.6 Å². The van der Waals surface area contributed by atoms with Gasteiger partial charge in [-0.05, 0) is 38.8 Å². The van der Waals surface area contributed by atoms with Crippen molar-refractivity contribution in [2.45, 2.75) is 58.0 Å². The van der Waals surface area contributed by atoms with Gasteiger partial charge in [0.1, 0.15) is 16.9 Å². The van der Waals surface area contributed by atoms with Crippen molar-refractivity contribution in [1.82, 2.24) is 15.0 Å². The third-order valence-corrected chi connectivity index (χ3v) is 7.36. The number of fused-ring (bicyclic) bond motifs is 1. The van der Waals surface area contributed by atoms with Crippen LogP contribution >= 0.6 is 11.3 Å². The first kappa shape index (κ1) is 24.7. The average Bonchev–Trinajstić information content (AvgIpc) is 3.37. The molecule has 3 aromatic rings. The first-order valence-corrected chi connectivity index (χ1v) is 12.6. The van der Waals surface area contributed by atoms with Crippen molar-refractivity contribution in [3.05, 3.63) is 30.0 Å². The van der Waals surface area contributed by atoms with Crippen LogP contribution in [0.4, 0.5) is 11.8 Å². The van der Waals surface area contributed by atoms with E-state index in [4.69, 9.17) is 14.7 Å². The summed E-state index contributed by atoms with van der Waals surface area (Å²) in [5.41, 5.74) is 2.40. The lowest BCUT2D eigenvalue weighted by atomic mass is 10.1. The Bertz CT molecular complexity index is 1080. The summed E-state index contributed by atoms with van der Waals surface area (Å²) in [4.78, 5) is 14.2. The van der Waals surface area contributed by atoms with Crippen molar-refractivity contribution >= 4 is 33.3 Å². The largest absolute Gasteiger partial charge is 0.396 e. The molecule has 1 aliphatic carbocycles. The Labute approximate surface area is 203 Å². The molecule has 1 saturated carbocycles. The molecule has 2 aromatic heterocycles. The standard InChI is InChI=1S/C24H33N5O4S/c1-4-15(33-5-2)11-25-24-26-13(3)19(23-28-16-8-6-7-9-18(16)34-23)22(29-24)27-17-10-14(12-30)20(31)21(17)32/h6-9,14-15,17,20-21,30-32H,4-5,10-12H2,1-3H3,(H2,25,26,27,29). The number of aryl methyl sites for hydroxylation is 1. The molecule has 1 aliphatic rings. The SMILES string of the molecule is CCOC(CC)CNc1nc(C)c(-c2nc3ccccc3s2)c(NC2CC(CO)C(O)C2O)n1. The minimum absolute atomic E-state index is 0.0476. The van der Waals surface area contributed by atoms with E-state index >= 15 is 0 Å². The molecule has 5 unspecified atom stereocenters. The van der Waals surface area contributed by atoms with E-state index in [1.165, 1.54) is 0 Å². The minimum atomic E-state index is -1.02. The highest BCUT2D eigenvalue weighted by Crippen LogP contribution is 2.38. The Morgan fingerprint density at radius 2 is 1.94 bits per heavy atom. The summed E-state index contributed by atoms with van der Waals surface area (Å²) in [6.45, 7) is 6.97. The minimum Gasteiger partial charge on any atom is -0.396 e. The monoisotopic (exact) mass is 487 g/mol. The number of rotatable bonds is 10. The summed E-state index contributed by atoms with van der Waals surface area (Å²) in [6.07, 6.45) is -0.679. The fourth-order valence-electron chi connectivity index (χ4n) is 4.38. The number of nitrogens with one attached hydrogen (secondary N) is 2. The van der Waals surface area contributed by atoms with E-state index in [1.54, 1.807) is 11.3 Å². The molecule has 0 amide bonds. The van der Waals surface area contributed by atoms with E-state index in [1.807, 2.05) is 38.1 Å². The summed E-state index contributed by atoms with van der Waals surface area (Å²) in [5.74, 6) is 0.596. The first-order valence-electron chi connectivity index (χ1n) is 11.8. The van der Waals surface area contributed by atoms with Crippen LogP contribution in [0.1, 0.15) is 32.4 Å². The van der Waals surface area contributed by atoms with Crippen molar-refractivity contribution in [3.8, 4) is 10.6 Å². The predicted octanol–water partition coefficient (Wildman–Crippen LogP) is 2.80.